The number of amides is 2. The van der Waals surface area contributed by atoms with E-state index in [4.69, 9.17) is 0 Å². The molecule has 5 rings (SSSR count). The molecular formula is C22H27N5O2. The van der Waals surface area contributed by atoms with Gasteiger partial charge in [0, 0.05) is 66.9 Å². The molecule has 2 atom stereocenters. The van der Waals surface area contributed by atoms with Gasteiger partial charge in [-0.3, -0.25) is 4.79 Å². The first-order chi connectivity index (χ1) is 14.2. The molecule has 0 aromatic carbocycles. The summed E-state index contributed by atoms with van der Waals surface area (Å²) in [5.41, 5.74) is 2.98. The number of rotatable bonds is 2. The number of hydrogen-bond acceptors (Lipinski definition) is 4. The van der Waals surface area contributed by atoms with Gasteiger partial charge in [0.05, 0.1) is 0 Å². The second-order valence-electron chi connectivity index (χ2n) is 8.70. The van der Waals surface area contributed by atoms with Crippen molar-refractivity contribution in [1.29, 1.82) is 0 Å². The summed E-state index contributed by atoms with van der Waals surface area (Å²) in [6.07, 6.45) is 12.0. The molecule has 3 aliphatic rings. The number of hydrogen-bond donors (Lipinski definition) is 1. The summed E-state index contributed by atoms with van der Waals surface area (Å²) >= 11 is 0. The van der Waals surface area contributed by atoms with Crippen LogP contribution in [0.4, 0.5) is 4.79 Å². The first kappa shape index (κ1) is 18.3. The maximum absolute atomic E-state index is 13.0. The molecule has 7 nitrogen and oxygen atoms in total. The normalized spacial score (nSPS) is 24.1. The van der Waals surface area contributed by atoms with E-state index in [9.17, 15) is 9.59 Å². The first-order valence-electron chi connectivity index (χ1n) is 10.7. The van der Waals surface area contributed by atoms with Crippen LogP contribution in [0.2, 0.25) is 0 Å². The van der Waals surface area contributed by atoms with Gasteiger partial charge < -0.3 is 14.8 Å². The number of nitrogens with one attached hydrogen (secondary N) is 1. The summed E-state index contributed by atoms with van der Waals surface area (Å²) in [7, 11) is 0. The molecule has 0 spiro atoms. The van der Waals surface area contributed by atoms with Gasteiger partial charge in [0.2, 0.25) is 0 Å². The van der Waals surface area contributed by atoms with Gasteiger partial charge in [0.15, 0.2) is 0 Å². The van der Waals surface area contributed by atoms with Crippen LogP contribution in [0.1, 0.15) is 50.1 Å². The molecule has 29 heavy (non-hydrogen) atoms. The number of piperidine rings is 1. The third-order valence-corrected chi connectivity index (χ3v) is 6.68. The van der Waals surface area contributed by atoms with Gasteiger partial charge in [-0.05, 0) is 31.2 Å². The van der Waals surface area contributed by atoms with Gasteiger partial charge in [0.1, 0.15) is 6.33 Å². The number of aromatic nitrogens is 3. The Morgan fingerprint density at radius 2 is 1.83 bits per heavy atom. The van der Waals surface area contributed by atoms with Crippen molar-refractivity contribution in [2.24, 2.45) is 5.92 Å². The zero-order valence-corrected chi connectivity index (χ0v) is 16.6. The van der Waals surface area contributed by atoms with Gasteiger partial charge in [-0.2, -0.15) is 0 Å². The van der Waals surface area contributed by atoms with Crippen LogP contribution in [0.15, 0.2) is 35.6 Å². The highest BCUT2D eigenvalue weighted by Crippen LogP contribution is 2.39. The molecule has 2 aromatic rings. The number of urea groups is 1. The van der Waals surface area contributed by atoms with Crippen molar-refractivity contribution in [3.05, 3.63) is 46.9 Å². The Morgan fingerprint density at radius 3 is 2.62 bits per heavy atom. The summed E-state index contributed by atoms with van der Waals surface area (Å²) in [6, 6.07) is 3.89. The summed E-state index contributed by atoms with van der Waals surface area (Å²) in [5.74, 6) is 0.474. The minimum absolute atomic E-state index is 0.0374. The van der Waals surface area contributed by atoms with E-state index in [1.807, 2.05) is 15.5 Å². The molecule has 1 saturated carbocycles. The number of carbonyl (C=O) groups is 1. The van der Waals surface area contributed by atoms with Gasteiger partial charge in [0.25, 0.3) is 5.56 Å². The van der Waals surface area contributed by atoms with E-state index >= 15 is 0 Å². The number of nitrogens with zero attached hydrogens (tertiary/aromatic N) is 4. The molecule has 1 N–H and O–H groups in total. The number of likely N-dealkylation sites (tertiary alicyclic amines) is 1. The Hall–Kier alpha value is -2.70. The fourth-order valence-corrected chi connectivity index (χ4v) is 5.38. The van der Waals surface area contributed by atoms with Crippen LogP contribution in [0.5, 0.6) is 0 Å². The van der Waals surface area contributed by atoms with Crippen molar-refractivity contribution >= 4 is 6.03 Å². The SMILES string of the molecule is O=C(NC1CCCCC1)N1CC2CC(C1)c1c(-c3cncnc3)ccc(=O)n1C2. The van der Waals surface area contributed by atoms with Crippen molar-refractivity contribution in [1.82, 2.24) is 24.8 Å². The predicted octanol–water partition coefficient (Wildman–Crippen LogP) is 2.77. The number of pyridine rings is 1. The minimum Gasteiger partial charge on any atom is -0.335 e. The van der Waals surface area contributed by atoms with E-state index in [1.54, 1.807) is 18.5 Å². The van der Waals surface area contributed by atoms with E-state index in [0.717, 1.165) is 42.6 Å². The van der Waals surface area contributed by atoms with Crippen LogP contribution in [0, 0.1) is 5.92 Å². The molecule has 2 bridgehead atoms. The van der Waals surface area contributed by atoms with Gasteiger partial charge in [-0.15, -0.1) is 0 Å². The minimum atomic E-state index is 0.0374. The lowest BCUT2D eigenvalue weighted by Gasteiger charge is -2.43. The van der Waals surface area contributed by atoms with Crippen LogP contribution in [0.3, 0.4) is 0 Å². The predicted molar refractivity (Wildman–Crippen MR) is 110 cm³/mol. The van der Waals surface area contributed by atoms with Crippen molar-refractivity contribution in [2.45, 2.75) is 57.0 Å². The Morgan fingerprint density at radius 1 is 1.03 bits per heavy atom. The molecule has 4 heterocycles. The lowest BCUT2D eigenvalue weighted by atomic mass is 9.81. The molecule has 2 aliphatic heterocycles. The summed E-state index contributed by atoms with van der Waals surface area (Å²) in [4.78, 5) is 35.8. The molecule has 1 aliphatic carbocycles. The second-order valence-corrected chi connectivity index (χ2v) is 8.70. The van der Waals surface area contributed by atoms with Crippen molar-refractivity contribution in [2.75, 3.05) is 13.1 Å². The van der Waals surface area contributed by atoms with Crippen molar-refractivity contribution in [3.63, 3.8) is 0 Å². The third-order valence-electron chi connectivity index (χ3n) is 6.68. The summed E-state index contributed by atoms with van der Waals surface area (Å²) in [6.45, 7) is 2.04. The quantitative estimate of drug-likeness (QED) is 0.851. The van der Waals surface area contributed by atoms with Crippen LogP contribution in [-0.4, -0.2) is 44.6 Å². The van der Waals surface area contributed by atoms with E-state index in [-0.39, 0.29) is 17.5 Å². The number of carbonyl (C=O) groups excluding carboxylic acids is 1. The Kier molecular flexibility index (Phi) is 4.81. The van der Waals surface area contributed by atoms with Gasteiger partial charge >= 0.3 is 6.03 Å². The van der Waals surface area contributed by atoms with Crippen LogP contribution < -0.4 is 10.9 Å². The Bertz CT molecular complexity index is 951. The molecule has 7 heteroatoms. The Labute approximate surface area is 170 Å². The smallest absolute Gasteiger partial charge is 0.317 e. The second kappa shape index (κ2) is 7.61. The fourth-order valence-electron chi connectivity index (χ4n) is 5.38. The molecule has 1 saturated heterocycles. The highest BCUT2D eigenvalue weighted by molar-refractivity contribution is 5.75. The molecule has 152 valence electrons. The van der Waals surface area contributed by atoms with Crippen molar-refractivity contribution in [3.8, 4) is 11.1 Å². The van der Waals surface area contributed by atoms with E-state index < -0.39 is 0 Å². The van der Waals surface area contributed by atoms with E-state index in [2.05, 4.69) is 15.3 Å². The van der Waals surface area contributed by atoms with E-state index in [1.165, 1.54) is 25.6 Å². The van der Waals surface area contributed by atoms with E-state index in [0.29, 0.717) is 25.0 Å². The average molecular weight is 393 g/mol. The largest absolute Gasteiger partial charge is 0.335 e. The third kappa shape index (κ3) is 3.54. The van der Waals surface area contributed by atoms with Crippen molar-refractivity contribution < 1.29 is 4.79 Å². The highest BCUT2D eigenvalue weighted by atomic mass is 16.2. The van der Waals surface area contributed by atoms with Gasteiger partial charge in [-0.1, -0.05) is 19.3 Å². The maximum Gasteiger partial charge on any atom is 0.317 e. The van der Waals surface area contributed by atoms with Crippen LogP contribution >= 0.6 is 0 Å². The summed E-state index contributed by atoms with van der Waals surface area (Å²) < 4.78 is 1.91. The standard InChI is InChI=1S/C22H27N5O2/c28-20-7-6-19(17-9-23-14-24-10-17)21-16-8-15(12-27(20)21)11-26(13-16)22(29)25-18-4-2-1-3-5-18/h6-7,9-10,14-16,18H,1-5,8,11-13H2,(H,25,29). The van der Waals surface area contributed by atoms with Crippen LogP contribution in [0.25, 0.3) is 11.1 Å². The fraction of sp³-hybridized carbons (Fsp3) is 0.545. The van der Waals surface area contributed by atoms with Gasteiger partial charge in [-0.25, -0.2) is 14.8 Å². The molecule has 2 unspecified atom stereocenters. The topological polar surface area (TPSA) is 80.1 Å². The zero-order chi connectivity index (χ0) is 19.8. The molecule has 0 radical (unpaired) electrons. The average Bonchev–Trinajstić information content (AvgIpc) is 2.75. The zero-order valence-electron chi connectivity index (χ0n) is 16.6. The molecule has 2 fully saturated rings. The number of fused-ring (bicyclic) bond motifs is 4. The summed E-state index contributed by atoms with van der Waals surface area (Å²) in [5, 5.41) is 3.26. The van der Waals surface area contributed by atoms with Crippen LogP contribution in [-0.2, 0) is 6.54 Å². The molecule has 2 aromatic heterocycles. The molecule has 2 amide bonds. The lowest BCUT2D eigenvalue weighted by Crippen LogP contribution is -2.53. The lowest BCUT2D eigenvalue weighted by molar-refractivity contribution is 0.127. The molecular weight excluding hydrogens is 366 g/mol. The first-order valence-corrected chi connectivity index (χ1v) is 10.7. The highest BCUT2D eigenvalue weighted by Gasteiger charge is 2.38. The monoisotopic (exact) mass is 393 g/mol. The Balaban J connectivity index is 1.43. The maximum atomic E-state index is 13.0.